The minimum Gasteiger partial charge on any atom is -0.343 e. The van der Waals surface area contributed by atoms with Crippen LogP contribution in [0.15, 0.2) is 60.0 Å². The van der Waals surface area contributed by atoms with Gasteiger partial charge in [-0.05, 0) is 23.6 Å². The van der Waals surface area contributed by atoms with E-state index in [1.54, 1.807) is 24.3 Å². The summed E-state index contributed by atoms with van der Waals surface area (Å²) in [7, 11) is 0. The van der Waals surface area contributed by atoms with E-state index in [0.29, 0.717) is 17.0 Å². The molecule has 0 spiro atoms. The highest BCUT2D eigenvalue weighted by molar-refractivity contribution is 7.14. The van der Waals surface area contributed by atoms with Gasteiger partial charge in [0.1, 0.15) is 0 Å². The van der Waals surface area contributed by atoms with Gasteiger partial charge in [-0.25, -0.2) is 0 Å². The molecular weight excluding hydrogens is 368 g/mol. The number of thiophene rings is 2. The molecule has 0 aliphatic carbocycles. The van der Waals surface area contributed by atoms with Crippen molar-refractivity contribution in [1.29, 1.82) is 0 Å². The Bertz CT molecular complexity index is 902. The number of benzene rings is 1. The highest BCUT2D eigenvalue weighted by Gasteiger charge is 2.15. The first-order valence-corrected chi connectivity index (χ1v) is 9.60. The molecule has 2 aromatic heterocycles. The molecule has 0 aliphatic rings. The van der Waals surface area contributed by atoms with Gasteiger partial charge in [0.05, 0.1) is 18.0 Å². The van der Waals surface area contributed by atoms with Gasteiger partial charge in [-0.15, -0.1) is 22.7 Å². The normalized spacial score (nSPS) is 10.3. The van der Waals surface area contributed by atoms with E-state index in [0.717, 1.165) is 9.75 Å². The minimum atomic E-state index is -0.689. The van der Waals surface area contributed by atoms with E-state index in [1.165, 1.54) is 22.7 Å². The highest BCUT2D eigenvalue weighted by Crippen LogP contribution is 2.20. The quantitative estimate of drug-likeness (QED) is 0.507. The van der Waals surface area contributed by atoms with E-state index in [1.807, 2.05) is 35.7 Å². The zero-order valence-corrected chi connectivity index (χ0v) is 15.4. The van der Waals surface area contributed by atoms with Crippen LogP contribution in [0.5, 0.6) is 0 Å². The number of carbonyl (C=O) groups is 3. The summed E-state index contributed by atoms with van der Waals surface area (Å²) in [6, 6.07) is 16.3. The fourth-order valence-electron chi connectivity index (χ4n) is 2.24. The molecule has 0 aliphatic heterocycles. The van der Waals surface area contributed by atoms with Crippen molar-refractivity contribution < 1.29 is 14.4 Å². The molecule has 7 heteroatoms. The van der Waals surface area contributed by atoms with Crippen molar-refractivity contribution in [3.63, 3.8) is 0 Å². The molecule has 2 heterocycles. The van der Waals surface area contributed by atoms with Gasteiger partial charge in [0.25, 0.3) is 0 Å². The predicted octanol–water partition coefficient (Wildman–Crippen LogP) is 2.97. The summed E-state index contributed by atoms with van der Waals surface area (Å²) in [5.41, 5.74) is 0.623. The topological polar surface area (TPSA) is 75.3 Å². The summed E-state index contributed by atoms with van der Waals surface area (Å²) in [6.45, 7) is 0.538. The van der Waals surface area contributed by atoms with Crippen molar-refractivity contribution in [2.45, 2.75) is 13.1 Å². The Morgan fingerprint density at radius 3 is 2.12 bits per heavy atom. The summed E-state index contributed by atoms with van der Waals surface area (Å²) in [4.78, 5) is 38.4. The van der Waals surface area contributed by atoms with E-state index in [2.05, 4.69) is 10.6 Å². The Hall–Kier alpha value is -2.77. The van der Waals surface area contributed by atoms with Crippen molar-refractivity contribution in [2.75, 3.05) is 0 Å². The summed E-state index contributed by atoms with van der Waals surface area (Å²) < 4.78 is 0. The van der Waals surface area contributed by atoms with Crippen LogP contribution in [0.4, 0.5) is 0 Å². The van der Waals surface area contributed by atoms with Gasteiger partial charge in [0, 0.05) is 15.3 Å². The molecule has 0 saturated carbocycles. The second kappa shape index (κ2) is 8.55. The smallest absolute Gasteiger partial charge is 0.309 e. The molecule has 132 valence electrons. The van der Waals surface area contributed by atoms with Gasteiger partial charge in [-0.1, -0.05) is 36.4 Å². The predicted molar refractivity (Wildman–Crippen MR) is 102 cm³/mol. The number of carbonyl (C=O) groups excluding carboxylic acids is 3. The zero-order chi connectivity index (χ0) is 18.4. The maximum Gasteiger partial charge on any atom is 0.309 e. The molecular formula is C19H16N2O3S2. The number of amides is 2. The van der Waals surface area contributed by atoms with Crippen LogP contribution in [0.25, 0.3) is 0 Å². The number of nitrogens with one attached hydrogen (secondary N) is 2. The first-order chi connectivity index (χ1) is 12.6. The lowest BCUT2D eigenvalue weighted by atomic mass is 10.1. The zero-order valence-electron chi connectivity index (χ0n) is 13.7. The SMILES string of the molecule is O=C(NCc1cccs1)C(=O)NCc1ccc(C(=O)c2ccccc2)s1. The van der Waals surface area contributed by atoms with Crippen molar-refractivity contribution in [3.05, 3.63) is 80.2 Å². The maximum atomic E-state index is 12.4. The van der Waals surface area contributed by atoms with Gasteiger partial charge in [0.2, 0.25) is 5.78 Å². The van der Waals surface area contributed by atoms with E-state index in [4.69, 9.17) is 0 Å². The van der Waals surface area contributed by atoms with Gasteiger partial charge in [0.15, 0.2) is 0 Å². The van der Waals surface area contributed by atoms with Gasteiger partial charge < -0.3 is 10.6 Å². The number of ketones is 1. The monoisotopic (exact) mass is 384 g/mol. The molecule has 3 aromatic rings. The molecule has 1 aromatic carbocycles. The molecule has 3 rings (SSSR count). The van der Waals surface area contributed by atoms with Gasteiger partial charge >= 0.3 is 11.8 Å². The van der Waals surface area contributed by atoms with Crippen molar-refractivity contribution >= 4 is 40.3 Å². The Labute approximate surface area is 158 Å². The van der Waals surface area contributed by atoms with Crippen molar-refractivity contribution in [2.24, 2.45) is 0 Å². The fourth-order valence-corrected chi connectivity index (χ4v) is 3.79. The third kappa shape index (κ3) is 4.65. The summed E-state index contributed by atoms with van der Waals surface area (Å²) in [6.07, 6.45) is 0. The third-order valence-corrected chi connectivity index (χ3v) is 5.51. The van der Waals surface area contributed by atoms with Crippen LogP contribution >= 0.6 is 22.7 Å². The van der Waals surface area contributed by atoms with E-state index in [-0.39, 0.29) is 12.3 Å². The molecule has 0 fully saturated rings. The van der Waals surface area contributed by atoms with E-state index < -0.39 is 11.8 Å². The molecule has 2 amide bonds. The lowest BCUT2D eigenvalue weighted by Crippen LogP contribution is -2.39. The van der Waals surface area contributed by atoms with Crippen molar-refractivity contribution in [3.8, 4) is 0 Å². The minimum absolute atomic E-state index is 0.0538. The lowest BCUT2D eigenvalue weighted by molar-refractivity contribution is -0.139. The first kappa shape index (κ1) is 18.0. The largest absolute Gasteiger partial charge is 0.343 e. The maximum absolute atomic E-state index is 12.4. The number of rotatable bonds is 6. The Morgan fingerprint density at radius 2 is 1.46 bits per heavy atom. The van der Waals surface area contributed by atoms with Crippen LogP contribution in [-0.4, -0.2) is 17.6 Å². The average molecular weight is 384 g/mol. The molecule has 5 nitrogen and oxygen atoms in total. The summed E-state index contributed by atoms with van der Waals surface area (Å²) >= 11 is 2.82. The number of hydrogen-bond donors (Lipinski definition) is 2. The van der Waals surface area contributed by atoms with Crippen LogP contribution in [0, 0.1) is 0 Å². The molecule has 2 N–H and O–H groups in total. The summed E-state index contributed by atoms with van der Waals surface area (Å²) in [5, 5.41) is 7.06. The second-order valence-electron chi connectivity index (χ2n) is 5.41. The Morgan fingerprint density at radius 1 is 0.769 bits per heavy atom. The molecule has 0 unspecified atom stereocenters. The van der Waals surface area contributed by atoms with Gasteiger partial charge in [-0.3, -0.25) is 14.4 Å². The van der Waals surface area contributed by atoms with Crippen LogP contribution in [0.3, 0.4) is 0 Å². The van der Waals surface area contributed by atoms with E-state index >= 15 is 0 Å². The Balaban J connectivity index is 1.50. The summed E-state index contributed by atoms with van der Waals surface area (Å²) in [5.74, 6) is -1.41. The van der Waals surface area contributed by atoms with Gasteiger partial charge in [-0.2, -0.15) is 0 Å². The molecule has 0 saturated heterocycles. The second-order valence-corrected chi connectivity index (χ2v) is 7.61. The first-order valence-electron chi connectivity index (χ1n) is 7.90. The molecule has 0 atom stereocenters. The average Bonchev–Trinajstić information content (AvgIpc) is 3.36. The van der Waals surface area contributed by atoms with Crippen LogP contribution in [0.1, 0.15) is 25.0 Å². The highest BCUT2D eigenvalue weighted by atomic mass is 32.1. The Kier molecular flexibility index (Phi) is 5.93. The van der Waals surface area contributed by atoms with Crippen molar-refractivity contribution in [1.82, 2.24) is 10.6 Å². The van der Waals surface area contributed by atoms with Crippen LogP contribution < -0.4 is 10.6 Å². The molecule has 0 bridgehead atoms. The number of hydrogen-bond acceptors (Lipinski definition) is 5. The lowest BCUT2D eigenvalue weighted by Gasteiger charge is -2.04. The van der Waals surface area contributed by atoms with E-state index in [9.17, 15) is 14.4 Å². The molecule has 26 heavy (non-hydrogen) atoms. The molecule has 0 radical (unpaired) electrons. The third-order valence-electron chi connectivity index (χ3n) is 3.55. The fraction of sp³-hybridized carbons (Fsp3) is 0.105. The standard InChI is InChI=1S/C19H16N2O3S2/c22-17(13-5-2-1-3-6-13)16-9-8-15(26-16)12-21-19(24)18(23)20-11-14-7-4-10-25-14/h1-10H,11-12H2,(H,20,23)(H,21,24). The van der Waals surface area contributed by atoms with Crippen LogP contribution in [-0.2, 0) is 22.7 Å². The van der Waals surface area contributed by atoms with Crippen LogP contribution in [0.2, 0.25) is 0 Å².